The van der Waals surface area contributed by atoms with Gasteiger partial charge in [-0.1, -0.05) is 53.5 Å². The van der Waals surface area contributed by atoms with E-state index in [0.29, 0.717) is 53.8 Å². The first kappa shape index (κ1) is 27.5. The number of esters is 1. The Kier molecular flexibility index (Phi) is 9.28. The predicted octanol–water partition coefficient (Wildman–Crippen LogP) is 6.32. The van der Waals surface area contributed by atoms with E-state index in [1.807, 2.05) is 47.4 Å². The van der Waals surface area contributed by atoms with Gasteiger partial charge in [-0.15, -0.1) is 0 Å². The maximum atomic E-state index is 13.2. The lowest BCUT2D eigenvalue weighted by atomic mass is 10.0. The third-order valence-corrected chi connectivity index (χ3v) is 7.36. The van der Waals surface area contributed by atoms with Crippen molar-refractivity contribution in [3.05, 3.63) is 87.9 Å². The number of benzene rings is 3. The highest BCUT2D eigenvalue weighted by molar-refractivity contribution is 6.35. The van der Waals surface area contributed by atoms with Gasteiger partial charge in [-0.05, 0) is 72.4 Å². The minimum absolute atomic E-state index is 0.0534. The molecule has 1 aliphatic rings. The molecule has 4 rings (SSSR count). The van der Waals surface area contributed by atoms with Crippen molar-refractivity contribution in [3.8, 4) is 22.9 Å². The Labute approximate surface area is 232 Å². The molecule has 0 aliphatic carbocycles. The molecule has 0 saturated carbocycles. The first-order chi connectivity index (χ1) is 18.4. The highest BCUT2D eigenvalue weighted by Crippen LogP contribution is 2.30. The molecule has 6 nitrogen and oxygen atoms in total. The fraction of sp³-hybridized carbons (Fsp3) is 0.300. The maximum Gasteiger partial charge on any atom is 0.306 e. The van der Waals surface area contributed by atoms with Gasteiger partial charge in [0.1, 0.15) is 12.4 Å². The van der Waals surface area contributed by atoms with Crippen LogP contribution in [0.1, 0.15) is 30.4 Å². The fourth-order valence-corrected chi connectivity index (χ4v) is 5.22. The third kappa shape index (κ3) is 6.86. The summed E-state index contributed by atoms with van der Waals surface area (Å²) in [5.41, 5.74) is 3.61. The van der Waals surface area contributed by atoms with Crippen LogP contribution in [0.4, 0.5) is 0 Å². The number of ether oxygens (including phenoxy) is 2. The molecule has 1 saturated heterocycles. The van der Waals surface area contributed by atoms with E-state index in [1.165, 1.54) is 7.11 Å². The number of nitrogens with zero attached hydrogens (tertiary/aromatic N) is 2. The fourth-order valence-electron chi connectivity index (χ4n) is 4.71. The van der Waals surface area contributed by atoms with Gasteiger partial charge in [0, 0.05) is 16.6 Å². The molecule has 3 aromatic rings. The number of rotatable bonds is 10. The second-order valence-electron chi connectivity index (χ2n) is 9.26. The monoisotopic (exact) mass is 550 g/mol. The van der Waals surface area contributed by atoms with Crippen molar-refractivity contribution < 1.29 is 19.1 Å². The molecule has 1 amide bonds. The van der Waals surface area contributed by atoms with Crippen LogP contribution in [0, 0.1) is 17.2 Å². The predicted molar refractivity (Wildman–Crippen MR) is 147 cm³/mol. The van der Waals surface area contributed by atoms with Crippen molar-refractivity contribution in [1.82, 2.24) is 4.90 Å². The highest BCUT2D eigenvalue weighted by atomic mass is 35.5. The molecule has 1 fully saturated rings. The van der Waals surface area contributed by atoms with Crippen LogP contribution < -0.4 is 4.74 Å². The molecule has 1 aliphatic heterocycles. The zero-order valence-electron chi connectivity index (χ0n) is 21.0. The standard InChI is InChI=1S/C30H28Cl2N2O4/c1-37-29(35)16-24-15-26(34(30(24)36)14-2-3-23-8-11-25(31)17-28(23)32)19-38-27-12-9-22(10-13-27)21-6-4-20(18-33)5-7-21/h4-13,17,24,26H,2-3,14-16,19H2,1H3/t24-,26-/m0/s1. The smallest absolute Gasteiger partial charge is 0.306 e. The van der Waals surface area contributed by atoms with Crippen LogP contribution >= 0.6 is 23.2 Å². The molecule has 0 bridgehead atoms. The number of aryl methyl sites for hydroxylation is 1. The molecule has 0 aromatic heterocycles. The van der Waals surface area contributed by atoms with Gasteiger partial charge in [0.2, 0.25) is 5.91 Å². The van der Waals surface area contributed by atoms with Gasteiger partial charge in [-0.25, -0.2) is 0 Å². The van der Waals surface area contributed by atoms with Crippen molar-refractivity contribution in [2.75, 3.05) is 20.3 Å². The van der Waals surface area contributed by atoms with Crippen molar-refractivity contribution in [2.45, 2.75) is 31.7 Å². The van der Waals surface area contributed by atoms with E-state index in [9.17, 15) is 9.59 Å². The number of carbonyl (C=O) groups is 2. The van der Waals surface area contributed by atoms with E-state index in [2.05, 4.69) is 6.07 Å². The Balaban J connectivity index is 1.39. The average molecular weight is 551 g/mol. The van der Waals surface area contributed by atoms with E-state index < -0.39 is 11.9 Å². The van der Waals surface area contributed by atoms with Crippen LogP contribution in [0.5, 0.6) is 5.75 Å². The summed E-state index contributed by atoms with van der Waals surface area (Å²) in [5.74, 6) is -0.174. The van der Waals surface area contributed by atoms with Gasteiger partial charge < -0.3 is 14.4 Å². The highest BCUT2D eigenvalue weighted by Gasteiger charge is 2.40. The van der Waals surface area contributed by atoms with Crippen LogP contribution in [-0.4, -0.2) is 43.1 Å². The number of hydrogen-bond acceptors (Lipinski definition) is 5. The molecule has 0 radical (unpaired) electrons. The van der Waals surface area contributed by atoms with Crippen molar-refractivity contribution >= 4 is 35.1 Å². The molecule has 3 aromatic carbocycles. The summed E-state index contributed by atoms with van der Waals surface area (Å²) in [4.78, 5) is 26.9. The largest absolute Gasteiger partial charge is 0.491 e. The Morgan fingerprint density at radius 1 is 1.05 bits per heavy atom. The molecule has 0 unspecified atom stereocenters. The van der Waals surface area contributed by atoms with Gasteiger partial charge in [-0.3, -0.25) is 9.59 Å². The molecule has 0 N–H and O–H groups in total. The Morgan fingerprint density at radius 3 is 2.37 bits per heavy atom. The molecule has 196 valence electrons. The van der Waals surface area contributed by atoms with Gasteiger partial charge in [-0.2, -0.15) is 5.26 Å². The minimum atomic E-state index is -0.422. The summed E-state index contributed by atoms with van der Waals surface area (Å²) in [7, 11) is 1.33. The van der Waals surface area contributed by atoms with Gasteiger partial charge in [0.25, 0.3) is 0 Å². The number of carbonyl (C=O) groups excluding carboxylic acids is 2. The van der Waals surface area contributed by atoms with Crippen LogP contribution in [-0.2, 0) is 20.7 Å². The number of hydrogen-bond donors (Lipinski definition) is 0. The SMILES string of the molecule is COC(=O)C[C@@H]1C[C@@H](COc2ccc(-c3ccc(C#N)cc3)cc2)N(CCCc2ccc(Cl)cc2Cl)C1=O. The molecular formula is C30H28Cl2N2O4. The molecular weight excluding hydrogens is 523 g/mol. The number of nitriles is 1. The van der Waals surface area contributed by atoms with Gasteiger partial charge >= 0.3 is 5.97 Å². The lowest BCUT2D eigenvalue weighted by Gasteiger charge is -2.25. The van der Waals surface area contributed by atoms with E-state index in [0.717, 1.165) is 16.7 Å². The zero-order chi connectivity index (χ0) is 27.1. The number of halogens is 2. The quantitative estimate of drug-likeness (QED) is 0.276. The first-order valence-corrected chi connectivity index (χ1v) is 13.2. The van der Waals surface area contributed by atoms with Crippen molar-refractivity contribution in [1.29, 1.82) is 5.26 Å². The minimum Gasteiger partial charge on any atom is -0.491 e. The van der Waals surface area contributed by atoms with Gasteiger partial charge in [0.05, 0.1) is 37.1 Å². The average Bonchev–Trinajstić information content (AvgIpc) is 3.22. The van der Waals surface area contributed by atoms with Crippen LogP contribution in [0.2, 0.25) is 10.0 Å². The maximum absolute atomic E-state index is 13.2. The Hall–Kier alpha value is -3.53. The summed E-state index contributed by atoms with van der Waals surface area (Å²) < 4.78 is 10.9. The topological polar surface area (TPSA) is 79.6 Å². The van der Waals surface area contributed by atoms with E-state index in [1.54, 1.807) is 24.3 Å². The van der Waals surface area contributed by atoms with E-state index in [4.69, 9.17) is 37.9 Å². The second kappa shape index (κ2) is 12.8. The third-order valence-electron chi connectivity index (χ3n) is 6.77. The number of amides is 1. The lowest BCUT2D eigenvalue weighted by molar-refractivity contribution is -0.144. The summed E-state index contributed by atoms with van der Waals surface area (Å²) in [5, 5.41) is 10.2. The zero-order valence-corrected chi connectivity index (χ0v) is 22.5. The summed E-state index contributed by atoms with van der Waals surface area (Å²) >= 11 is 12.3. The molecule has 38 heavy (non-hydrogen) atoms. The molecule has 2 atom stereocenters. The first-order valence-electron chi connectivity index (χ1n) is 12.4. The van der Waals surface area contributed by atoms with E-state index in [-0.39, 0.29) is 18.4 Å². The van der Waals surface area contributed by atoms with Crippen molar-refractivity contribution in [2.24, 2.45) is 5.92 Å². The summed E-state index contributed by atoms with van der Waals surface area (Å²) in [6.07, 6.45) is 2.00. The summed E-state index contributed by atoms with van der Waals surface area (Å²) in [6, 6.07) is 22.5. The van der Waals surface area contributed by atoms with Crippen LogP contribution in [0.3, 0.4) is 0 Å². The number of methoxy groups -OCH3 is 1. The number of likely N-dealkylation sites (tertiary alicyclic amines) is 1. The van der Waals surface area contributed by atoms with Crippen molar-refractivity contribution in [3.63, 3.8) is 0 Å². The Morgan fingerprint density at radius 2 is 1.74 bits per heavy atom. The van der Waals surface area contributed by atoms with Crippen LogP contribution in [0.15, 0.2) is 66.7 Å². The Bertz CT molecular complexity index is 1320. The molecule has 8 heteroatoms. The molecule has 1 heterocycles. The van der Waals surface area contributed by atoms with Crippen LogP contribution in [0.25, 0.3) is 11.1 Å². The summed E-state index contributed by atoms with van der Waals surface area (Å²) in [6.45, 7) is 0.850. The normalized spacial score (nSPS) is 16.8. The lowest BCUT2D eigenvalue weighted by Crippen LogP contribution is -2.38. The van der Waals surface area contributed by atoms with Gasteiger partial charge in [0.15, 0.2) is 0 Å². The second-order valence-corrected chi connectivity index (χ2v) is 10.1. The van der Waals surface area contributed by atoms with E-state index >= 15 is 0 Å². The molecule has 0 spiro atoms.